The standard InChI is InChI=1S/C23H28N2O2/c1-27-16-15-25(17-19-9-13-24-14-10-19)21(26)23(20-7-3-2-4-8-20)18-22(23)11-5-6-12-22/h2-4,7-10,13-14H,5-6,11-12,15-18H2,1H3/t23-/m0/s1. The molecule has 0 N–H and O–H groups in total. The molecule has 1 spiro atoms. The van der Waals surface area contributed by atoms with E-state index in [2.05, 4.69) is 29.2 Å². The molecule has 0 unspecified atom stereocenters. The number of nitrogens with zero attached hydrogens (tertiary/aromatic N) is 2. The third-order valence-corrected chi connectivity index (χ3v) is 6.55. The van der Waals surface area contributed by atoms with Crippen molar-refractivity contribution in [1.29, 1.82) is 0 Å². The van der Waals surface area contributed by atoms with Gasteiger partial charge in [0.05, 0.1) is 12.0 Å². The van der Waals surface area contributed by atoms with Crippen LogP contribution >= 0.6 is 0 Å². The van der Waals surface area contributed by atoms with E-state index >= 15 is 0 Å². The highest BCUT2D eigenvalue weighted by Crippen LogP contribution is 2.72. The second kappa shape index (κ2) is 7.43. The van der Waals surface area contributed by atoms with Crippen molar-refractivity contribution in [3.05, 3.63) is 66.0 Å². The Morgan fingerprint density at radius 2 is 1.81 bits per heavy atom. The molecule has 142 valence electrons. The molecule has 4 nitrogen and oxygen atoms in total. The van der Waals surface area contributed by atoms with Gasteiger partial charge in [0.1, 0.15) is 0 Å². The minimum Gasteiger partial charge on any atom is -0.383 e. The fourth-order valence-electron chi connectivity index (χ4n) is 5.11. The summed E-state index contributed by atoms with van der Waals surface area (Å²) < 4.78 is 5.31. The Kier molecular flexibility index (Phi) is 5.00. The van der Waals surface area contributed by atoms with Gasteiger partial charge in [0, 0.05) is 32.6 Å². The van der Waals surface area contributed by atoms with Crippen molar-refractivity contribution in [3.63, 3.8) is 0 Å². The first-order chi connectivity index (χ1) is 13.2. The smallest absolute Gasteiger partial charge is 0.234 e. The number of ether oxygens (including phenoxy) is 1. The van der Waals surface area contributed by atoms with Crippen LogP contribution in [-0.2, 0) is 21.5 Å². The zero-order chi connectivity index (χ0) is 18.7. The van der Waals surface area contributed by atoms with E-state index in [9.17, 15) is 4.79 Å². The number of hydrogen-bond acceptors (Lipinski definition) is 3. The lowest BCUT2D eigenvalue weighted by atomic mass is 9.83. The van der Waals surface area contributed by atoms with E-state index in [1.807, 2.05) is 23.1 Å². The van der Waals surface area contributed by atoms with E-state index in [1.54, 1.807) is 19.5 Å². The molecular formula is C23H28N2O2. The van der Waals surface area contributed by atoms with Crippen LogP contribution in [0.3, 0.4) is 0 Å². The van der Waals surface area contributed by atoms with Crippen LogP contribution in [0.5, 0.6) is 0 Å². The fourth-order valence-corrected chi connectivity index (χ4v) is 5.11. The topological polar surface area (TPSA) is 42.4 Å². The predicted octanol–water partition coefficient (Wildman–Crippen LogP) is 3.96. The summed E-state index contributed by atoms with van der Waals surface area (Å²) in [5.41, 5.74) is 2.11. The molecule has 2 saturated carbocycles. The highest BCUT2D eigenvalue weighted by atomic mass is 16.5. The second-order valence-corrected chi connectivity index (χ2v) is 8.01. The molecule has 0 saturated heterocycles. The Morgan fingerprint density at radius 3 is 2.48 bits per heavy atom. The number of pyridine rings is 1. The number of rotatable bonds is 7. The Morgan fingerprint density at radius 1 is 1.11 bits per heavy atom. The van der Waals surface area contributed by atoms with E-state index < -0.39 is 0 Å². The Hall–Kier alpha value is -2.20. The summed E-state index contributed by atoms with van der Waals surface area (Å²) in [7, 11) is 1.69. The van der Waals surface area contributed by atoms with E-state index in [0.717, 1.165) is 12.0 Å². The molecule has 0 aliphatic heterocycles. The maximum atomic E-state index is 14.0. The van der Waals surface area contributed by atoms with Crippen molar-refractivity contribution in [1.82, 2.24) is 9.88 Å². The lowest BCUT2D eigenvalue weighted by molar-refractivity contribution is -0.136. The summed E-state index contributed by atoms with van der Waals surface area (Å²) >= 11 is 0. The van der Waals surface area contributed by atoms with E-state index in [0.29, 0.717) is 19.7 Å². The lowest BCUT2D eigenvalue weighted by Gasteiger charge is -2.31. The van der Waals surface area contributed by atoms with Gasteiger partial charge in [-0.05, 0) is 47.9 Å². The van der Waals surface area contributed by atoms with Gasteiger partial charge in [0.25, 0.3) is 0 Å². The maximum absolute atomic E-state index is 14.0. The van der Waals surface area contributed by atoms with Gasteiger partial charge in [-0.15, -0.1) is 0 Å². The van der Waals surface area contributed by atoms with E-state index in [1.165, 1.54) is 31.2 Å². The van der Waals surface area contributed by atoms with Crippen molar-refractivity contribution in [3.8, 4) is 0 Å². The van der Waals surface area contributed by atoms with E-state index in [4.69, 9.17) is 4.74 Å². The van der Waals surface area contributed by atoms with Crippen LogP contribution in [0.1, 0.15) is 43.2 Å². The minimum atomic E-state index is -0.356. The normalized spacial score (nSPS) is 22.7. The molecule has 1 aromatic carbocycles. The molecule has 0 radical (unpaired) electrons. The first-order valence-corrected chi connectivity index (χ1v) is 9.95. The van der Waals surface area contributed by atoms with Gasteiger partial charge in [-0.1, -0.05) is 43.2 Å². The van der Waals surface area contributed by atoms with Crippen molar-refractivity contribution in [2.75, 3.05) is 20.3 Å². The fraction of sp³-hybridized carbons (Fsp3) is 0.478. The average molecular weight is 364 g/mol. The number of carbonyl (C=O) groups is 1. The quantitative estimate of drug-likeness (QED) is 0.747. The molecule has 2 aliphatic rings. The molecule has 2 aromatic rings. The molecule has 1 amide bonds. The van der Waals surface area contributed by atoms with Crippen molar-refractivity contribution >= 4 is 5.91 Å². The number of aromatic nitrogens is 1. The number of amides is 1. The first-order valence-electron chi connectivity index (χ1n) is 9.95. The maximum Gasteiger partial charge on any atom is 0.234 e. The van der Waals surface area contributed by atoms with Crippen molar-refractivity contribution in [2.45, 2.75) is 44.1 Å². The number of hydrogen-bond donors (Lipinski definition) is 0. The molecule has 1 atom stereocenters. The van der Waals surface area contributed by atoms with Crippen LogP contribution in [-0.4, -0.2) is 36.1 Å². The van der Waals surface area contributed by atoms with Crippen LogP contribution in [0.4, 0.5) is 0 Å². The third kappa shape index (κ3) is 3.16. The van der Waals surface area contributed by atoms with Crippen molar-refractivity contribution in [2.24, 2.45) is 5.41 Å². The first kappa shape index (κ1) is 18.2. The Labute approximate surface area is 161 Å². The number of benzene rings is 1. The highest BCUT2D eigenvalue weighted by Gasteiger charge is 2.72. The van der Waals surface area contributed by atoms with Gasteiger partial charge < -0.3 is 9.64 Å². The van der Waals surface area contributed by atoms with E-state index in [-0.39, 0.29) is 16.7 Å². The van der Waals surface area contributed by atoms with Crippen LogP contribution in [0, 0.1) is 5.41 Å². The number of carbonyl (C=O) groups excluding carboxylic acids is 1. The van der Waals surface area contributed by atoms with Gasteiger partial charge in [-0.25, -0.2) is 0 Å². The summed E-state index contributed by atoms with van der Waals surface area (Å²) in [5, 5.41) is 0. The van der Waals surface area contributed by atoms with Gasteiger partial charge >= 0.3 is 0 Å². The predicted molar refractivity (Wildman–Crippen MR) is 105 cm³/mol. The van der Waals surface area contributed by atoms with Gasteiger partial charge in [0.2, 0.25) is 5.91 Å². The van der Waals surface area contributed by atoms with Gasteiger partial charge in [-0.2, -0.15) is 0 Å². The molecule has 2 fully saturated rings. The summed E-state index contributed by atoms with van der Waals surface area (Å²) in [6, 6.07) is 14.4. The Bertz CT molecular complexity index is 771. The summed E-state index contributed by atoms with van der Waals surface area (Å²) in [6.07, 6.45) is 9.38. The largest absolute Gasteiger partial charge is 0.383 e. The monoisotopic (exact) mass is 364 g/mol. The summed E-state index contributed by atoms with van der Waals surface area (Å²) in [5.74, 6) is 0.268. The SMILES string of the molecule is COCCN(Cc1ccncc1)C(=O)[C@@]1(c2ccccc2)CC12CCCC2. The number of methoxy groups -OCH3 is 1. The van der Waals surface area contributed by atoms with Crippen LogP contribution < -0.4 is 0 Å². The molecule has 2 aliphatic carbocycles. The van der Waals surface area contributed by atoms with Crippen LogP contribution in [0.15, 0.2) is 54.9 Å². The van der Waals surface area contributed by atoms with Gasteiger partial charge in [-0.3, -0.25) is 9.78 Å². The summed E-state index contributed by atoms with van der Waals surface area (Å²) in [4.78, 5) is 20.1. The molecule has 4 heteroatoms. The minimum absolute atomic E-state index is 0.162. The average Bonchev–Trinajstić information content (AvgIpc) is 3.13. The molecule has 4 rings (SSSR count). The van der Waals surface area contributed by atoms with Gasteiger partial charge in [0.15, 0.2) is 0 Å². The molecular weight excluding hydrogens is 336 g/mol. The van der Waals surface area contributed by atoms with Crippen LogP contribution in [0.2, 0.25) is 0 Å². The third-order valence-electron chi connectivity index (χ3n) is 6.55. The molecule has 27 heavy (non-hydrogen) atoms. The summed E-state index contributed by atoms with van der Waals surface area (Å²) in [6.45, 7) is 1.77. The molecule has 1 aromatic heterocycles. The highest BCUT2D eigenvalue weighted by molar-refractivity contribution is 5.93. The second-order valence-electron chi connectivity index (χ2n) is 8.01. The Balaban J connectivity index is 1.66. The molecule has 0 bridgehead atoms. The lowest BCUT2D eigenvalue weighted by Crippen LogP contribution is -2.43. The zero-order valence-corrected chi connectivity index (χ0v) is 16.1. The van der Waals surface area contributed by atoms with Crippen molar-refractivity contribution < 1.29 is 9.53 Å². The molecule has 1 heterocycles. The zero-order valence-electron chi connectivity index (χ0n) is 16.1. The van der Waals surface area contributed by atoms with Crippen LogP contribution in [0.25, 0.3) is 0 Å².